The molecule has 0 aliphatic carbocycles. The van der Waals surface area contributed by atoms with Crippen LogP contribution in [0.15, 0.2) is 48.5 Å². The van der Waals surface area contributed by atoms with Gasteiger partial charge in [-0.2, -0.15) is 0 Å². The van der Waals surface area contributed by atoms with Gasteiger partial charge in [-0.3, -0.25) is 4.90 Å². The molecular weight excluding hydrogens is 262 g/mol. The van der Waals surface area contributed by atoms with Crippen LogP contribution in [-0.4, -0.2) is 12.7 Å². The first kappa shape index (κ1) is 15.1. The van der Waals surface area contributed by atoms with Crippen molar-refractivity contribution in [2.45, 2.75) is 27.3 Å². The van der Waals surface area contributed by atoms with Gasteiger partial charge in [0.05, 0.1) is 13.2 Å². The molecule has 0 fully saturated rings. The lowest BCUT2D eigenvalue weighted by atomic mass is 10.1. The van der Waals surface area contributed by atoms with Gasteiger partial charge in [0.15, 0.2) is 0 Å². The van der Waals surface area contributed by atoms with Crippen molar-refractivity contribution in [3.8, 4) is 0 Å². The van der Waals surface area contributed by atoms with Crippen LogP contribution in [0.25, 0.3) is 0 Å². The van der Waals surface area contributed by atoms with Crippen molar-refractivity contribution in [2.75, 3.05) is 11.5 Å². The number of amides is 1. The molecular formula is C18H21NO2. The SMILES string of the molecule is CCOC(=O)N(Cc1ccc(C)c(C)c1)c1ccccc1. The average molecular weight is 283 g/mol. The summed E-state index contributed by atoms with van der Waals surface area (Å²) in [6.07, 6.45) is -0.318. The molecule has 3 nitrogen and oxygen atoms in total. The molecule has 1 amide bonds. The zero-order chi connectivity index (χ0) is 15.2. The summed E-state index contributed by atoms with van der Waals surface area (Å²) in [4.78, 5) is 13.9. The van der Waals surface area contributed by atoms with E-state index < -0.39 is 0 Å². The fourth-order valence-corrected chi connectivity index (χ4v) is 2.16. The smallest absolute Gasteiger partial charge is 0.414 e. The normalized spacial score (nSPS) is 10.2. The van der Waals surface area contributed by atoms with Crippen LogP contribution in [0.5, 0.6) is 0 Å². The minimum atomic E-state index is -0.318. The van der Waals surface area contributed by atoms with Gasteiger partial charge in [-0.05, 0) is 49.6 Å². The molecule has 0 heterocycles. The molecule has 0 unspecified atom stereocenters. The Morgan fingerprint density at radius 1 is 1.05 bits per heavy atom. The van der Waals surface area contributed by atoms with Crippen LogP contribution in [0.4, 0.5) is 10.5 Å². The highest BCUT2D eigenvalue weighted by atomic mass is 16.6. The Balaban J connectivity index is 2.27. The van der Waals surface area contributed by atoms with Gasteiger partial charge in [-0.25, -0.2) is 4.79 Å². The first-order valence-corrected chi connectivity index (χ1v) is 7.17. The van der Waals surface area contributed by atoms with Gasteiger partial charge in [0.2, 0.25) is 0 Å². The van der Waals surface area contributed by atoms with E-state index in [4.69, 9.17) is 4.74 Å². The molecule has 0 N–H and O–H groups in total. The largest absolute Gasteiger partial charge is 0.449 e. The summed E-state index contributed by atoms with van der Waals surface area (Å²) < 4.78 is 5.17. The number of benzene rings is 2. The van der Waals surface area contributed by atoms with E-state index in [1.54, 1.807) is 4.90 Å². The fraction of sp³-hybridized carbons (Fsp3) is 0.278. The Labute approximate surface area is 126 Å². The number of carbonyl (C=O) groups is 1. The van der Waals surface area contributed by atoms with Gasteiger partial charge >= 0.3 is 6.09 Å². The van der Waals surface area contributed by atoms with E-state index in [1.165, 1.54) is 11.1 Å². The van der Waals surface area contributed by atoms with Crippen molar-refractivity contribution in [2.24, 2.45) is 0 Å². The number of aryl methyl sites for hydroxylation is 2. The summed E-state index contributed by atoms with van der Waals surface area (Å²) in [6.45, 7) is 6.85. The van der Waals surface area contributed by atoms with E-state index in [9.17, 15) is 4.79 Å². The number of carbonyl (C=O) groups excluding carboxylic acids is 1. The van der Waals surface area contributed by atoms with Crippen molar-refractivity contribution in [3.05, 3.63) is 65.2 Å². The molecule has 0 saturated heterocycles. The molecule has 2 aromatic carbocycles. The Morgan fingerprint density at radius 2 is 1.76 bits per heavy atom. The summed E-state index contributed by atoms with van der Waals surface area (Å²) in [5, 5.41) is 0. The Kier molecular flexibility index (Phi) is 4.99. The molecule has 3 heteroatoms. The number of ether oxygens (including phenoxy) is 1. The zero-order valence-corrected chi connectivity index (χ0v) is 12.8. The fourth-order valence-electron chi connectivity index (χ4n) is 2.16. The molecule has 2 aromatic rings. The van der Waals surface area contributed by atoms with Gasteiger partial charge in [0, 0.05) is 5.69 Å². The van der Waals surface area contributed by atoms with Crippen LogP contribution in [0, 0.1) is 13.8 Å². The predicted molar refractivity (Wildman–Crippen MR) is 85.6 cm³/mol. The molecule has 2 rings (SSSR count). The second-order valence-corrected chi connectivity index (χ2v) is 5.04. The molecule has 0 bridgehead atoms. The third-order valence-corrected chi connectivity index (χ3v) is 3.47. The summed E-state index contributed by atoms with van der Waals surface area (Å²) in [5.74, 6) is 0. The summed E-state index contributed by atoms with van der Waals surface area (Å²) in [5.41, 5.74) is 4.41. The monoisotopic (exact) mass is 283 g/mol. The van der Waals surface area contributed by atoms with Gasteiger partial charge in [-0.15, -0.1) is 0 Å². The average Bonchev–Trinajstić information content (AvgIpc) is 2.49. The summed E-state index contributed by atoms with van der Waals surface area (Å²) in [6, 6.07) is 15.9. The Morgan fingerprint density at radius 3 is 2.38 bits per heavy atom. The van der Waals surface area contributed by atoms with E-state index in [0.717, 1.165) is 11.3 Å². The highest BCUT2D eigenvalue weighted by molar-refractivity contribution is 5.87. The summed E-state index contributed by atoms with van der Waals surface area (Å²) >= 11 is 0. The Hall–Kier alpha value is -2.29. The maximum absolute atomic E-state index is 12.2. The van der Waals surface area contributed by atoms with Crippen molar-refractivity contribution in [1.82, 2.24) is 0 Å². The second kappa shape index (κ2) is 6.93. The first-order chi connectivity index (χ1) is 10.1. The third-order valence-electron chi connectivity index (χ3n) is 3.47. The minimum absolute atomic E-state index is 0.318. The third kappa shape index (κ3) is 3.85. The predicted octanol–water partition coefficient (Wildman–Crippen LogP) is 4.47. The lowest BCUT2D eigenvalue weighted by molar-refractivity contribution is 0.159. The van der Waals surface area contributed by atoms with E-state index in [-0.39, 0.29) is 6.09 Å². The molecule has 0 atom stereocenters. The van der Waals surface area contributed by atoms with Gasteiger partial charge in [-0.1, -0.05) is 36.4 Å². The van der Waals surface area contributed by atoms with Crippen LogP contribution < -0.4 is 4.90 Å². The van der Waals surface area contributed by atoms with Crippen LogP contribution in [0.3, 0.4) is 0 Å². The highest BCUT2D eigenvalue weighted by Crippen LogP contribution is 2.19. The van der Waals surface area contributed by atoms with Crippen LogP contribution in [0.2, 0.25) is 0 Å². The number of nitrogens with zero attached hydrogens (tertiary/aromatic N) is 1. The lowest BCUT2D eigenvalue weighted by Gasteiger charge is -2.22. The molecule has 0 spiro atoms. The molecule has 110 valence electrons. The van der Waals surface area contributed by atoms with Crippen molar-refractivity contribution >= 4 is 11.8 Å². The lowest BCUT2D eigenvalue weighted by Crippen LogP contribution is -2.31. The maximum Gasteiger partial charge on any atom is 0.414 e. The summed E-state index contributed by atoms with van der Waals surface area (Å²) in [7, 11) is 0. The molecule has 0 aliphatic rings. The number of rotatable bonds is 4. The van der Waals surface area contributed by atoms with Crippen molar-refractivity contribution in [3.63, 3.8) is 0 Å². The minimum Gasteiger partial charge on any atom is -0.449 e. The van der Waals surface area contributed by atoms with Crippen LogP contribution in [-0.2, 0) is 11.3 Å². The van der Waals surface area contributed by atoms with E-state index in [2.05, 4.69) is 32.0 Å². The van der Waals surface area contributed by atoms with E-state index >= 15 is 0 Å². The molecule has 0 radical (unpaired) electrons. The maximum atomic E-state index is 12.2. The van der Waals surface area contributed by atoms with Crippen LogP contribution in [0.1, 0.15) is 23.6 Å². The molecule has 21 heavy (non-hydrogen) atoms. The molecule has 0 saturated carbocycles. The number of anilines is 1. The second-order valence-electron chi connectivity index (χ2n) is 5.04. The zero-order valence-electron chi connectivity index (χ0n) is 12.8. The number of para-hydroxylation sites is 1. The number of hydrogen-bond donors (Lipinski definition) is 0. The van der Waals surface area contributed by atoms with Gasteiger partial charge < -0.3 is 4.74 Å². The molecule has 0 aliphatic heterocycles. The quantitative estimate of drug-likeness (QED) is 0.828. The standard InChI is InChI=1S/C18H21NO2/c1-4-21-18(20)19(17-8-6-5-7-9-17)13-16-11-10-14(2)15(3)12-16/h5-12H,4,13H2,1-3H3. The van der Waals surface area contributed by atoms with E-state index in [0.29, 0.717) is 13.2 Å². The molecule has 0 aromatic heterocycles. The highest BCUT2D eigenvalue weighted by Gasteiger charge is 2.17. The first-order valence-electron chi connectivity index (χ1n) is 7.17. The van der Waals surface area contributed by atoms with Crippen molar-refractivity contribution in [1.29, 1.82) is 0 Å². The van der Waals surface area contributed by atoms with Gasteiger partial charge in [0.1, 0.15) is 0 Å². The van der Waals surface area contributed by atoms with Crippen LogP contribution >= 0.6 is 0 Å². The Bertz CT molecular complexity index is 608. The van der Waals surface area contributed by atoms with Gasteiger partial charge in [0.25, 0.3) is 0 Å². The topological polar surface area (TPSA) is 29.5 Å². The van der Waals surface area contributed by atoms with E-state index in [1.807, 2.05) is 37.3 Å². The number of hydrogen-bond acceptors (Lipinski definition) is 2. The van der Waals surface area contributed by atoms with Crippen molar-refractivity contribution < 1.29 is 9.53 Å².